The van der Waals surface area contributed by atoms with Gasteiger partial charge in [0.1, 0.15) is 6.04 Å². The first kappa shape index (κ1) is 17.7. The molecule has 0 saturated carbocycles. The molecule has 0 spiro atoms. The van der Waals surface area contributed by atoms with Crippen LogP contribution in [-0.4, -0.2) is 49.1 Å². The van der Waals surface area contributed by atoms with Crippen molar-refractivity contribution in [1.82, 2.24) is 4.90 Å². The Labute approximate surface area is 160 Å². The number of guanidine groups is 1. The molecule has 0 N–H and O–H groups in total. The number of amides is 1. The highest BCUT2D eigenvalue weighted by atomic mass is 16.5. The molecule has 0 aromatic heterocycles. The van der Waals surface area contributed by atoms with Crippen LogP contribution in [0.3, 0.4) is 0 Å². The number of anilines is 1. The lowest BCUT2D eigenvalue weighted by Crippen LogP contribution is -2.49. The fraction of sp³-hybridized carbons (Fsp3) is 0.364. The lowest BCUT2D eigenvalue weighted by molar-refractivity contribution is -0.118. The summed E-state index contributed by atoms with van der Waals surface area (Å²) in [4.78, 5) is 22.1. The summed E-state index contributed by atoms with van der Waals surface area (Å²) in [5.41, 5.74) is 4.41. The predicted octanol–water partition coefficient (Wildman–Crippen LogP) is 2.95. The van der Waals surface area contributed by atoms with Crippen molar-refractivity contribution >= 4 is 17.6 Å². The number of hydrogen-bond acceptors (Lipinski definition) is 4. The summed E-state index contributed by atoms with van der Waals surface area (Å²) in [7, 11) is 0. The van der Waals surface area contributed by atoms with E-state index in [0.29, 0.717) is 19.6 Å². The maximum absolute atomic E-state index is 13.3. The molecule has 5 heteroatoms. The third kappa shape index (κ3) is 3.60. The van der Waals surface area contributed by atoms with Crippen LogP contribution in [0.4, 0.5) is 5.69 Å². The Hall–Kier alpha value is -2.66. The highest BCUT2D eigenvalue weighted by Gasteiger charge is 2.38. The van der Waals surface area contributed by atoms with Crippen LogP contribution in [0.5, 0.6) is 0 Å². The van der Waals surface area contributed by atoms with Crippen molar-refractivity contribution in [2.24, 2.45) is 4.99 Å². The predicted molar refractivity (Wildman–Crippen MR) is 107 cm³/mol. The number of aliphatic imine (C=N–C) groups is 1. The molecule has 0 radical (unpaired) electrons. The van der Waals surface area contributed by atoms with Crippen molar-refractivity contribution in [3.8, 4) is 0 Å². The summed E-state index contributed by atoms with van der Waals surface area (Å²) in [5.74, 6) is 0.802. The highest BCUT2D eigenvalue weighted by molar-refractivity contribution is 6.22. The minimum absolute atomic E-state index is 0.0450. The average molecular weight is 363 g/mol. The zero-order valence-corrected chi connectivity index (χ0v) is 15.9. The zero-order chi connectivity index (χ0) is 18.8. The standard InChI is InChI=1S/C22H25N3O2/c1-16-8-9-19(14-17(16)2)25-21(26)20(15-18-6-4-3-5-7-18)23-22(25)24-10-12-27-13-11-24/h3-9,14,20H,10-13,15H2,1-2H3. The van der Waals surface area contributed by atoms with Crippen molar-refractivity contribution < 1.29 is 9.53 Å². The first-order chi connectivity index (χ1) is 13.1. The molecule has 27 heavy (non-hydrogen) atoms. The van der Waals surface area contributed by atoms with Gasteiger partial charge in [0.15, 0.2) is 0 Å². The summed E-state index contributed by atoms with van der Waals surface area (Å²) in [6.07, 6.45) is 0.620. The molecule has 2 aliphatic heterocycles. The number of nitrogens with zero attached hydrogens (tertiary/aromatic N) is 3. The SMILES string of the molecule is Cc1ccc(N2C(=O)C(Cc3ccccc3)N=C2N2CCOCC2)cc1C. The van der Waals surface area contributed by atoms with E-state index in [-0.39, 0.29) is 11.9 Å². The molecule has 2 aromatic rings. The van der Waals surface area contributed by atoms with Crippen LogP contribution in [-0.2, 0) is 16.0 Å². The quantitative estimate of drug-likeness (QED) is 0.842. The van der Waals surface area contributed by atoms with Crippen LogP contribution in [0.15, 0.2) is 53.5 Å². The third-order valence-corrected chi connectivity index (χ3v) is 5.29. The maximum Gasteiger partial charge on any atom is 0.259 e. The third-order valence-electron chi connectivity index (χ3n) is 5.29. The Morgan fingerprint density at radius 2 is 1.78 bits per heavy atom. The van der Waals surface area contributed by atoms with Gasteiger partial charge in [0.05, 0.1) is 18.9 Å². The summed E-state index contributed by atoms with van der Waals surface area (Å²) >= 11 is 0. The second-order valence-corrected chi connectivity index (χ2v) is 7.18. The van der Waals surface area contributed by atoms with Crippen LogP contribution in [0.1, 0.15) is 16.7 Å². The van der Waals surface area contributed by atoms with Gasteiger partial charge >= 0.3 is 0 Å². The first-order valence-electron chi connectivity index (χ1n) is 9.49. The smallest absolute Gasteiger partial charge is 0.259 e. The van der Waals surface area contributed by atoms with E-state index >= 15 is 0 Å². The van der Waals surface area contributed by atoms with E-state index in [9.17, 15) is 4.79 Å². The van der Waals surface area contributed by atoms with Gasteiger partial charge in [0.2, 0.25) is 5.96 Å². The Morgan fingerprint density at radius 3 is 2.48 bits per heavy atom. The van der Waals surface area contributed by atoms with E-state index < -0.39 is 0 Å². The van der Waals surface area contributed by atoms with Crippen molar-refractivity contribution in [3.05, 3.63) is 65.2 Å². The molecule has 2 aliphatic rings. The molecule has 0 bridgehead atoms. The van der Waals surface area contributed by atoms with Crippen molar-refractivity contribution in [1.29, 1.82) is 0 Å². The lowest BCUT2D eigenvalue weighted by Gasteiger charge is -2.32. The number of benzene rings is 2. The van der Waals surface area contributed by atoms with Gasteiger partial charge in [-0.05, 0) is 42.7 Å². The van der Waals surface area contributed by atoms with E-state index in [4.69, 9.17) is 9.73 Å². The largest absolute Gasteiger partial charge is 0.378 e. The van der Waals surface area contributed by atoms with Crippen molar-refractivity contribution in [3.63, 3.8) is 0 Å². The van der Waals surface area contributed by atoms with E-state index in [1.807, 2.05) is 24.3 Å². The summed E-state index contributed by atoms with van der Waals surface area (Å²) in [6, 6.07) is 15.9. The Morgan fingerprint density at radius 1 is 1.04 bits per heavy atom. The molecule has 1 unspecified atom stereocenters. The number of rotatable bonds is 3. The zero-order valence-electron chi connectivity index (χ0n) is 15.9. The van der Waals surface area contributed by atoms with Gasteiger partial charge in [-0.3, -0.25) is 4.79 Å². The normalized spacial score (nSPS) is 20.1. The monoisotopic (exact) mass is 363 g/mol. The number of aryl methyl sites for hydroxylation is 2. The highest BCUT2D eigenvalue weighted by Crippen LogP contribution is 2.27. The number of morpholine rings is 1. The lowest BCUT2D eigenvalue weighted by atomic mass is 10.1. The molecule has 5 nitrogen and oxygen atoms in total. The molecule has 1 saturated heterocycles. The second kappa shape index (κ2) is 7.53. The summed E-state index contributed by atoms with van der Waals surface area (Å²) in [5, 5.41) is 0. The molecular formula is C22H25N3O2. The topological polar surface area (TPSA) is 45.1 Å². The van der Waals surface area contributed by atoms with Crippen molar-refractivity contribution in [2.75, 3.05) is 31.2 Å². The fourth-order valence-corrected chi connectivity index (χ4v) is 3.56. The van der Waals surface area contributed by atoms with Crippen LogP contribution >= 0.6 is 0 Å². The van der Waals surface area contributed by atoms with E-state index in [1.165, 1.54) is 11.1 Å². The van der Waals surface area contributed by atoms with E-state index in [0.717, 1.165) is 30.3 Å². The minimum Gasteiger partial charge on any atom is -0.378 e. The van der Waals surface area contributed by atoms with Gasteiger partial charge in [0.25, 0.3) is 5.91 Å². The van der Waals surface area contributed by atoms with Crippen LogP contribution < -0.4 is 4.90 Å². The van der Waals surface area contributed by atoms with Crippen molar-refractivity contribution in [2.45, 2.75) is 26.3 Å². The number of ether oxygens (including phenoxy) is 1. The fourth-order valence-electron chi connectivity index (χ4n) is 3.56. The molecule has 2 aromatic carbocycles. The van der Waals surface area contributed by atoms with E-state index in [1.54, 1.807) is 4.90 Å². The molecule has 2 heterocycles. The van der Waals surface area contributed by atoms with Crippen LogP contribution in [0, 0.1) is 13.8 Å². The number of carbonyl (C=O) groups is 1. The maximum atomic E-state index is 13.3. The summed E-state index contributed by atoms with van der Waals surface area (Å²) in [6.45, 7) is 7.00. The average Bonchev–Trinajstić information content (AvgIpc) is 3.02. The Balaban J connectivity index is 1.68. The minimum atomic E-state index is -0.383. The van der Waals surface area contributed by atoms with Gasteiger partial charge in [-0.2, -0.15) is 0 Å². The number of carbonyl (C=O) groups excluding carboxylic acids is 1. The van der Waals surface area contributed by atoms with Gasteiger partial charge in [-0.1, -0.05) is 36.4 Å². The van der Waals surface area contributed by atoms with Crippen LogP contribution in [0.25, 0.3) is 0 Å². The molecule has 4 rings (SSSR count). The van der Waals surface area contributed by atoms with Gasteiger partial charge in [-0.25, -0.2) is 9.89 Å². The molecule has 140 valence electrons. The van der Waals surface area contributed by atoms with Crippen LogP contribution in [0.2, 0.25) is 0 Å². The Kier molecular flexibility index (Phi) is 4.94. The molecule has 0 aliphatic carbocycles. The van der Waals surface area contributed by atoms with E-state index in [2.05, 4.69) is 43.0 Å². The second-order valence-electron chi connectivity index (χ2n) is 7.18. The Bertz CT molecular complexity index is 857. The molecule has 1 atom stereocenters. The molecule has 1 fully saturated rings. The van der Waals surface area contributed by atoms with Gasteiger partial charge < -0.3 is 9.64 Å². The van der Waals surface area contributed by atoms with Gasteiger partial charge in [-0.15, -0.1) is 0 Å². The molecule has 1 amide bonds. The van der Waals surface area contributed by atoms with Gasteiger partial charge in [0, 0.05) is 19.5 Å². The molecular weight excluding hydrogens is 338 g/mol. The summed E-state index contributed by atoms with van der Waals surface area (Å²) < 4.78 is 5.48. The number of hydrogen-bond donors (Lipinski definition) is 0. The first-order valence-corrected chi connectivity index (χ1v) is 9.49.